The van der Waals surface area contributed by atoms with Crippen molar-refractivity contribution in [2.75, 3.05) is 13.1 Å². The van der Waals surface area contributed by atoms with E-state index in [0.717, 1.165) is 18.2 Å². The second-order valence-electron chi connectivity index (χ2n) is 6.17. The molecule has 0 spiro atoms. The third-order valence-electron chi connectivity index (χ3n) is 4.55. The molecule has 0 radical (unpaired) electrons. The number of hydrogen-bond acceptors (Lipinski definition) is 5. The van der Waals surface area contributed by atoms with E-state index in [2.05, 4.69) is 4.98 Å². The number of benzene rings is 1. The Balaban J connectivity index is 0.00000182. The zero-order valence-corrected chi connectivity index (χ0v) is 14.4. The normalized spacial score (nSPS) is 15.5. The topological polar surface area (TPSA) is 94.4 Å². The summed E-state index contributed by atoms with van der Waals surface area (Å²) in [5.74, 6) is -0.0961. The summed E-state index contributed by atoms with van der Waals surface area (Å²) in [5, 5.41) is 0.799. The second kappa shape index (κ2) is 6.85. The molecular weight excluding hydrogens is 344 g/mol. The summed E-state index contributed by atoms with van der Waals surface area (Å²) >= 11 is 0. The fourth-order valence-corrected chi connectivity index (χ4v) is 3.12. The summed E-state index contributed by atoms with van der Waals surface area (Å²) < 4.78 is 6.93. The van der Waals surface area contributed by atoms with Crippen LogP contribution in [0.4, 0.5) is 0 Å². The third-order valence-corrected chi connectivity index (χ3v) is 4.55. The molecule has 3 heterocycles. The number of nitrogens with zero attached hydrogens (tertiary/aromatic N) is 3. The molecule has 0 bridgehead atoms. The molecule has 8 heteroatoms. The number of fused-ring (bicyclic) bond motifs is 3. The molecule has 0 unspecified atom stereocenters. The average Bonchev–Trinajstić information content (AvgIpc) is 2.97. The highest BCUT2D eigenvalue weighted by atomic mass is 35.5. The van der Waals surface area contributed by atoms with E-state index < -0.39 is 0 Å². The van der Waals surface area contributed by atoms with Crippen molar-refractivity contribution in [1.82, 2.24) is 14.5 Å². The van der Waals surface area contributed by atoms with Crippen molar-refractivity contribution < 1.29 is 9.21 Å². The maximum atomic E-state index is 12.6. The van der Waals surface area contributed by atoms with E-state index in [1.807, 2.05) is 18.2 Å². The Bertz CT molecular complexity index is 973. The largest absolute Gasteiger partial charge is 0.448 e. The van der Waals surface area contributed by atoms with E-state index >= 15 is 0 Å². The van der Waals surface area contributed by atoms with Crippen molar-refractivity contribution in [3.63, 3.8) is 0 Å². The van der Waals surface area contributed by atoms with Gasteiger partial charge in [0, 0.05) is 24.5 Å². The minimum atomic E-state index is -0.335. The number of piperidine rings is 1. The number of rotatable bonds is 2. The molecule has 25 heavy (non-hydrogen) atoms. The van der Waals surface area contributed by atoms with Crippen LogP contribution in [-0.4, -0.2) is 39.5 Å². The number of carbonyl (C=O) groups is 1. The molecule has 1 saturated heterocycles. The zero-order valence-electron chi connectivity index (χ0n) is 13.6. The van der Waals surface area contributed by atoms with Crippen LogP contribution >= 0.6 is 12.4 Å². The first-order chi connectivity index (χ1) is 11.6. The number of aromatic nitrogens is 2. The first-order valence-corrected chi connectivity index (χ1v) is 8.03. The van der Waals surface area contributed by atoms with Gasteiger partial charge in [0.15, 0.2) is 0 Å². The van der Waals surface area contributed by atoms with Crippen LogP contribution in [0.1, 0.15) is 12.8 Å². The Labute approximate surface area is 149 Å². The van der Waals surface area contributed by atoms with Gasteiger partial charge in [-0.05, 0) is 25.0 Å². The molecule has 2 aromatic heterocycles. The summed E-state index contributed by atoms with van der Waals surface area (Å²) in [4.78, 5) is 31.1. The van der Waals surface area contributed by atoms with Crippen LogP contribution in [0.3, 0.4) is 0 Å². The lowest BCUT2D eigenvalue weighted by Gasteiger charge is -2.30. The molecule has 7 nitrogen and oxygen atoms in total. The molecular formula is C17H19ClN4O3. The van der Waals surface area contributed by atoms with Crippen LogP contribution in [0.15, 0.2) is 39.8 Å². The van der Waals surface area contributed by atoms with Gasteiger partial charge in [-0.1, -0.05) is 12.1 Å². The van der Waals surface area contributed by atoms with Gasteiger partial charge < -0.3 is 15.1 Å². The monoisotopic (exact) mass is 362 g/mol. The molecule has 132 valence electrons. The lowest BCUT2D eigenvalue weighted by molar-refractivity contribution is -0.132. The SMILES string of the molecule is Cl.NC1CCN(C(=O)Cn2cnc3c(oc4ccccc43)c2=O)CC1. The third kappa shape index (κ3) is 3.12. The lowest BCUT2D eigenvalue weighted by atomic mass is 10.1. The van der Waals surface area contributed by atoms with Gasteiger partial charge in [0.25, 0.3) is 5.56 Å². The highest BCUT2D eigenvalue weighted by Gasteiger charge is 2.22. The summed E-state index contributed by atoms with van der Waals surface area (Å²) in [7, 11) is 0. The number of nitrogens with two attached hydrogens (primary N) is 1. The van der Waals surface area contributed by atoms with Gasteiger partial charge in [-0.2, -0.15) is 0 Å². The number of furan rings is 1. The number of carbonyl (C=O) groups excluding carboxylic acids is 1. The van der Waals surface area contributed by atoms with Crippen molar-refractivity contribution in [2.45, 2.75) is 25.4 Å². The van der Waals surface area contributed by atoms with Crippen LogP contribution in [0.2, 0.25) is 0 Å². The molecule has 1 amide bonds. The Hall–Kier alpha value is -2.38. The molecule has 3 aromatic rings. The molecule has 1 fully saturated rings. The number of halogens is 1. The summed E-state index contributed by atoms with van der Waals surface area (Å²) in [5.41, 5.74) is 6.86. The Morgan fingerprint density at radius 1 is 1.28 bits per heavy atom. The maximum Gasteiger partial charge on any atom is 0.297 e. The van der Waals surface area contributed by atoms with Gasteiger partial charge in [-0.3, -0.25) is 14.2 Å². The van der Waals surface area contributed by atoms with Gasteiger partial charge in [0.2, 0.25) is 11.5 Å². The van der Waals surface area contributed by atoms with Gasteiger partial charge in [-0.25, -0.2) is 4.98 Å². The Kier molecular flexibility index (Phi) is 4.78. The van der Waals surface area contributed by atoms with Crippen LogP contribution < -0.4 is 11.3 Å². The second-order valence-corrected chi connectivity index (χ2v) is 6.17. The van der Waals surface area contributed by atoms with Gasteiger partial charge in [0.05, 0.1) is 6.33 Å². The van der Waals surface area contributed by atoms with Crippen LogP contribution in [0.5, 0.6) is 0 Å². The van der Waals surface area contributed by atoms with E-state index in [1.165, 1.54) is 10.9 Å². The minimum Gasteiger partial charge on any atom is -0.448 e. The zero-order chi connectivity index (χ0) is 16.7. The minimum absolute atomic E-state index is 0. The Morgan fingerprint density at radius 2 is 2.00 bits per heavy atom. The van der Waals surface area contributed by atoms with Gasteiger partial charge in [-0.15, -0.1) is 12.4 Å². The van der Waals surface area contributed by atoms with E-state index in [4.69, 9.17) is 10.2 Å². The summed E-state index contributed by atoms with van der Waals surface area (Å²) in [6, 6.07) is 7.52. The van der Waals surface area contributed by atoms with Crippen molar-refractivity contribution in [2.24, 2.45) is 5.73 Å². The van der Waals surface area contributed by atoms with Crippen LogP contribution in [0, 0.1) is 0 Å². The van der Waals surface area contributed by atoms with Crippen LogP contribution in [0.25, 0.3) is 22.1 Å². The standard InChI is InChI=1S/C17H18N4O3.ClH/c18-11-5-7-20(8-6-11)14(22)9-21-10-19-15-12-3-1-2-4-13(12)24-16(15)17(21)23;/h1-4,10-11H,5-9,18H2;1H. The lowest BCUT2D eigenvalue weighted by Crippen LogP contribution is -2.44. The molecule has 1 aliphatic heterocycles. The molecule has 4 rings (SSSR count). The fraction of sp³-hybridized carbons (Fsp3) is 0.353. The molecule has 2 N–H and O–H groups in total. The molecule has 1 aliphatic rings. The molecule has 0 atom stereocenters. The van der Waals surface area contributed by atoms with E-state index in [1.54, 1.807) is 11.0 Å². The maximum absolute atomic E-state index is 12.6. The summed E-state index contributed by atoms with van der Waals surface area (Å²) in [6.45, 7) is 1.23. The van der Waals surface area contributed by atoms with E-state index in [-0.39, 0.29) is 42.0 Å². The first-order valence-electron chi connectivity index (χ1n) is 8.03. The smallest absolute Gasteiger partial charge is 0.297 e. The van der Waals surface area contributed by atoms with E-state index in [9.17, 15) is 9.59 Å². The fourth-order valence-electron chi connectivity index (χ4n) is 3.12. The number of amides is 1. The number of hydrogen-bond donors (Lipinski definition) is 1. The van der Waals surface area contributed by atoms with Gasteiger partial charge >= 0.3 is 0 Å². The quantitative estimate of drug-likeness (QED) is 0.745. The number of para-hydroxylation sites is 1. The van der Waals surface area contributed by atoms with Crippen LogP contribution in [-0.2, 0) is 11.3 Å². The Morgan fingerprint density at radius 3 is 2.76 bits per heavy atom. The van der Waals surface area contributed by atoms with Gasteiger partial charge in [0.1, 0.15) is 17.6 Å². The summed E-state index contributed by atoms with van der Waals surface area (Å²) in [6.07, 6.45) is 3.00. The van der Waals surface area contributed by atoms with E-state index in [0.29, 0.717) is 24.2 Å². The van der Waals surface area contributed by atoms with Crippen molar-refractivity contribution in [1.29, 1.82) is 0 Å². The predicted molar refractivity (Wildman–Crippen MR) is 96.8 cm³/mol. The molecule has 0 saturated carbocycles. The first kappa shape index (κ1) is 17.4. The highest BCUT2D eigenvalue weighted by molar-refractivity contribution is 6.01. The van der Waals surface area contributed by atoms with Crippen molar-refractivity contribution in [3.05, 3.63) is 40.9 Å². The van der Waals surface area contributed by atoms with Crippen molar-refractivity contribution >= 4 is 40.4 Å². The predicted octanol–water partition coefficient (Wildman–Crippen LogP) is 1.51. The average molecular weight is 363 g/mol. The molecule has 1 aromatic carbocycles. The number of likely N-dealkylation sites (tertiary alicyclic amines) is 1. The highest BCUT2D eigenvalue weighted by Crippen LogP contribution is 2.24. The van der Waals surface area contributed by atoms with Crippen molar-refractivity contribution in [3.8, 4) is 0 Å². The molecule has 0 aliphatic carbocycles.